The number of carbonyl (C=O) groups excluding carboxylic acids is 4. The molecule has 3 rings (SSSR count). The van der Waals surface area contributed by atoms with Crippen molar-refractivity contribution in [1.82, 2.24) is 10.2 Å². The van der Waals surface area contributed by atoms with Crippen molar-refractivity contribution in [3.05, 3.63) is 65.5 Å². The molecule has 1 aliphatic rings. The first-order valence-corrected chi connectivity index (χ1v) is 10.8. The van der Waals surface area contributed by atoms with Gasteiger partial charge in [0.25, 0.3) is 5.91 Å². The molecule has 2 aromatic carbocycles. The predicted molar refractivity (Wildman–Crippen MR) is 119 cm³/mol. The summed E-state index contributed by atoms with van der Waals surface area (Å²) in [6.07, 6.45) is 1.72. The highest BCUT2D eigenvalue weighted by Crippen LogP contribution is 2.34. The Morgan fingerprint density at radius 1 is 1.09 bits per heavy atom. The average molecular weight is 455 g/mol. The number of rotatable bonds is 9. The summed E-state index contributed by atoms with van der Waals surface area (Å²) in [5.74, 6) is -2.29. The van der Waals surface area contributed by atoms with E-state index in [-0.39, 0.29) is 17.9 Å². The summed E-state index contributed by atoms with van der Waals surface area (Å²) in [5, 5.41) is 5.29. The lowest BCUT2D eigenvalue weighted by Gasteiger charge is -2.27. The average Bonchev–Trinajstić information content (AvgIpc) is 3.03. The lowest BCUT2D eigenvalue weighted by molar-refractivity contribution is -0.134. The minimum Gasteiger partial charge on any atom is -0.462 e. The number of para-hydroxylation sites is 1. The summed E-state index contributed by atoms with van der Waals surface area (Å²) in [6, 6.07) is 11.0. The van der Waals surface area contributed by atoms with Gasteiger partial charge in [0.1, 0.15) is 17.9 Å². The molecule has 2 N–H and O–H groups in total. The number of imide groups is 1. The van der Waals surface area contributed by atoms with Crippen LogP contribution < -0.4 is 10.6 Å². The summed E-state index contributed by atoms with van der Waals surface area (Å²) in [6.45, 7) is 3.25. The van der Waals surface area contributed by atoms with E-state index in [9.17, 15) is 23.6 Å². The molecule has 9 heteroatoms. The maximum atomic E-state index is 13.4. The molecule has 1 fully saturated rings. The number of hydrogen-bond acceptors (Lipinski definition) is 5. The number of nitrogens with one attached hydrogen (secondary N) is 2. The molecule has 0 aliphatic carbocycles. The fourth-order valence-electron chi connectivity index (χ4n) is 3.77. The van der Waals surface area contributed by atoms with Crippen LogP contribution in [0.5, 0.6) is 0 Å². The SMILES string of the molecule is CCCCC1(c2ccc(F)cc2)NC(=O)N(CC(=O)Nc2ccccc2C(=O)OCC)C1=O. The number of anilines is 1. The molecule has 33 heavy (non-hydrogen) atoms. The molecule has 0 bridgehead atoms. The third-order valence-corrected chi connectivity index (χ3v) is 5.42. The van der Waals surface area contributed by atoms with Gasteiger partial charge in [-0.25, -0.2) is 14.0 Å². The second-order valence-corrected chi connectivity index (χ2v) is 7.65. The maximum absolute atomic E-state index is 13.4. The lowest BCUT2D eigenvalue weighted by Crippen LogP contribution is -2.44. The molecule has 1 aliphatic heterocycles. The van der Waals surface area contributed by atoms with Crippen molar-refractivity contribution in [2.45, 2.75) is 38.6 Å². The van der Waals surface area contributed by atoms with Crippen molar-refractivity contribution in [1.29, 1.82) is 0 Å². The van der Waals surface area contributed by atoms with Gasteiger partial charge >= 0.3 is 12.0 Å². The standard InChI is InChI=1S/C24H26FN3O5/c1-3-5-14-24(16-10-12-17(25)13-11-16)22(31)28(23(32)27-24)15-20(29)26-19-9-7-6-8-18(19)21(30)33-4-2/h6-13H,3-5,14-15H2,1-2H3,(H,26,29)(H,27,32). The van der Waals surface area contributed by atoms with Crippen LogP contribution in [0.1, 0.15) is 49.0 Å². The maximum Gasteiger partial charge on any atom is 0.340 e. The highest BCUT2D eigenvalue weighted by molar-refractivity contribution is 6.11. The zero-order valence-corrected chi connectivity index (χ0v) is 18.5. The molecule has 0 spiro atoms. The number of amides is 4. The molecule has 0 radical (unpaired) electrons. The molecule has 174 valence electrons. The van der Waals surface area contributed by atoms with Crippen LogP contribution in [0.2, 0.25) is 0 Å². The second-order valence-electron chi connectivity index (χ2n) is 7.65. The molecular formula is C24H26FN3O5. The Hall–Kier alpha value is -3.75. The zero-order valence-electron chi connectivity index (χ0n) is 18.5. The van der Waals surface area contributed by atoms with Gasteiger partial charge in [-0.2, -0.15) is 0 Å². The first-order chi connectivity index (χ1) is 15.8. The van der Waals surface area contributed by atoms with Crippen LogP contribution >= 0.6 is 0 Å². The Balaban J connectivity index is 1.81. The minimum atomic E-state index is -1.37. The van der Waals surface area contributed by atoms with Crippen LogP contribution in [0.25, 0.3) is 0 Å². The van der Waals surface area contributed by atoms with Crippen molar-refractivity contribution in [2.75, 3.05) is 18.5 Å². The summed E-state index contributed by atoms with van der Waals surface area (Å²) >= 11 is 0. The van der Waals surface area contributed by atoms with E-state index in [2.05, 4.69) is 10.6 Å². The van der Waals surface area contributed by atoms with Crippen molar-refractivity contribution in [2.24, 2.45) is 0 Å². The molecule has 1 atom stereocenters. The first kappa shape index (κ1) is 23.9. The van der Waals surface area contributed by atoms with E-state index in [4.69, 9.17) is 4.74 Å². The van der Waals surface area contributed by atoms with Crippen molar-refractivity contribution >= 4 is 29.5 Å². The van der Waals surface area contributed by atoms with Gasteiger partial charge in [-0.1, -0.05) is 44.0 Å². The third-order valence-electron chi connectivity index (χ3n) is 5.42. The van der Waals surface area contributed by atoms with E-state index in [0.29, 0.717) is 18.4 Å². The fourth-order valence-corrected chi connectivity index (χ4v) is 3.77. The Kier molecular flexibility index (Phi) is 7.42. The van der Waals surface area contributed by atoms with E-state index in [0.717, 1.165) is 11.3 Å². The molecular weight excluding hydrogens is 429 g/mol. The van der Waals surface area contributed by atoms with Gasteiger partial charge in [0.05, 0.1) is 17.9 Å². The number of unbranched alkanes of at least 4 members (excludes halogenated alkanes) is 1. The van der Waals surface area contributed by atoms with Gasteiger partial charge in [0, 0.05) is 0 Å². The van der Waals surface area contributed by atoms with E-state index in [1.165, 1.54) is 36.4 Å². The predicted octanol–water partition coefficient (Wildman–Crippen LogP) is 3.58. The number of esters is 1. The number of benzene rings is 2. The Morgan fingerprint density at radius 3 is 2.45 bits per heavy atom. The Bertz CT molecular complexity index is 1060. The van der Waals surface area contributed by atoms with Gasteiger partial charge in [0.2, 0.25) is 5.91 Å². The summed E-state index contributed by atoms with van der Waals surface area (Å²) in [7, 11) is 0. The van der Waals surface area contributed by atoms with Gasteiger partial charge in [-0.15, -0.1) is 0 Å². The van der Waals surface area contributed by atoms with Crippen molar-refractivity contribution in [3.8, 4) is 0 Å². The van der Waals surface area contributed by atoms with E-state index in [1.54, 1.807) is 19.1 Å². The normalized spacial score (nSPS) is 17.6. The molecule has 1 saturated heterocycles. The van der Waals surface area contributed by atoms with Crippen molar-refractivity contribution in [3.63, 3.8) is 0 Å². The monoisotopic (exact) mass is 455 g/mol. The minimum absolute atomic E-state index is 0.161. The van der Waals surface area contributed by atoms with E-state index in [1.807, 2.05) is 6.92 Å². The van der Waals surface area contributed by atoms with Gasteiger partial charge in [-0.3, -0.25) is 14.5 Å². The molecule has 1 heterocycles. The largest absolute Gasteiger partial charge is 0.462 e. The van der Waals surface area contributed by atoms with Crippen LogP contribution in [-0.4, -0.2) is 41.9 Å². The van der Waals surface area contributed by atoms with Crippen LogP contribution in [0, 0.1) is 5.82 Å². The smallest absolute Gasteiger partial charge is 0.340 e. The summed E-state index contributed by atoms with van der Waals surface area (Å²) in [4.78, 5) is 51.8. The molecule has 2 aromatic rings. The number of ether oxygens (including phenoxy) is 1. The number of urea groups is 1. The van der Waals surface area contributed by atoms with Crippen LogP contribution in [-0.2, 0) is 19.9 Å². The molecule has 8 nitrogen and oxygen atoms in total. The number of carbonyl (C=O) groups is 4. The highest BCUT2D eigenvalue weighted by Gasteiger charge is 2.52. The Labute approximate surface area is 191 Å². The number of hydrogen-bond donors (Lipinski definition) is 2. The molecule has 0 aromatic heterocycles. The van der Waals surface area contributed by atoms with E-state index < -0.39 is 41.7 Å². The van der Waals surface area contributed by atoms with Crippen LogP contribution in [0.15, 0.2) is 48.5 Å². The van der Waals surface area contributed by atoms with Crippen LogP contribution in [0.3, 0.4) is 0 Å². The van der Waals surface area contributed by atoms with Crippen molar-refractivity contribution < 1.29 is 28.3 Å². The summed E-state index contributed by atoms with van der Waals surface area (Å²) < 4.78 is 18.4. The second kappa shape index (κ2) is 10.2. The number of nitrogens with zero attached hydrogens (tertiary/aromatic N) is 1. The first-order valence-electron chi connectivity index (χ1n) is 10.8. The quantitative estimate of drug-likeness (QED) is 0.444. The third kappa shape index (κ3) is 5.02. The summed E-state index contributed by atoms with van der Waals surface area (Å²) in [5.41, 5.74) is -0.548. The highest BCUT2D eigenvalue weighted by atomic mass is 19.1. The number of halogens is 1. The molecule has 1 unspecified atom stereocenters. The Morgan fingerprint density at radius 2 is 1.79 bits per heavy atom. The van der Waals surface area contributed by atoms with Crippen LogP contribution in [0.4, 0.5) is 14.9 Å². The van der Waals surface area contributed by atoms with Gasteiger partial charge in [0.15, 0.2) is 0 Å². The lowest BCUT2D eigenvalue weighted by atomic mass is 9.85. The molecule has 4 amide bonds. The molecule has 0 saturated carbocycles. The van der Waals surface area contributed by atoms with E-state index >= 15 is 0 Å². The van der Waals surface area contributed by atoms with Gasteiger partial charge in [-0.05, 0) is 43.2 Å². The fraction of sp³-hybridized carbons (Fsp3) is 0.333. The zero-order chi connectivity index (χ0) is 24.0. The van der Waals surface area contributed by atoms with Gasteiger partial charge < -0.3 is 15.4 Å². The topological polar surface area (TPSA) is 105 Å².